The number of carbonyl (C=O) groups is 1. The van der Waals surface area contributed by atoms with Crippen LogP contribution in [0.1, 0.15) is 42.1 Å². The van der Waals surface area contributed by atoms with Crippen molar-refractivity contribution in [1.82, 2.24) is 20.1 Å². The number of hydrogen-bond donors (Lipinski definition) is 1. The van der Waals surface area contributed by atoms with Gasteiger partial charge in [-0.2, -0.15) is 5.10 Å². The molecule has 1 aromatic carbocycles. The summed E-state index contributed by atoms with van der Waals surface area (Å²) in [5.74, 6) is 2.64. The monoisotopic (exact) mass is 342 g/mol. The highest BCUT2D eigenvalue weighted by molar-refractivity contribution is 5.77. The predicted octanol–water partition coefficient (Wildman–Crippen LogP) is 1.97. The molecule has 132 valence electrons. The summed E-state index contributed by atoms with van der Waals surface area (Å²) in [6, 6.07) is 8.00. The topological polar surface area (TPSA) is 80.3 Å². The molecule has 2 atom stereocenters. The van der Waals surface area contributed by atoms with Gasteiger partial charge in [0.1, 0.15) is 17.7 Å². The maximum Gasteiger partial charge on any atom is 0.223 e. The number of ether oxygens (including phenoxy) is 2. The van der Waals surface area contributed by atoms with Crippen LogP contribution in [0.3, 0.4) is 0 Å². The quantitative estimate of drug-likeness (QED) is 0.922. The first kappa shape index (κ1) is 16.1. The fraction of sp³-hybridized carbons (Fsp3) is 0.500. The molecule has 3 heterocycles. The van der Waals surface area contributed by atoms with Gasteiger partial charge in [0.15, 0.2) is 5.82 Å². The Morgan fingerprint density at radius 1 is 1.36 bits per heavy atom. The largest absolute Gasteiger partial charge is 0.493 e. The van der Waals surface area contributed by atoms with Crippen molar-refractivity contribution < 1.29 is 14.3 Å². The van der Waals surface area contributed by atoms with Gasteiger partial charge < -0.3 is 14.4 Å². The van der Waals surface area contributed by atoms with E-state index in [1.807, 2.05) is 30.0 Å². The third-order valence-corrected chi connectivity index (χ3v) is 4.83. The molecule has 0 spiro atoms. The van der Waals surface area contributed by atoms with Crippen molar-refractivity contribution in [2.75, 3.05) is 26.3 Å². The number of aromatic nitrogens is 3. The van der Waals surface area contributed by atoms with Crippen LogP contribution >= 0.6 is 0 Å². The molecule has 1 amide bonds. The molecule has 0 unspecified atom stereocenters. The van der Waals surface area contributed by atoms with E-state index in [0.29, 0.717) is 38.5 Å². The number of fused-ring (bicyclic) bond motifs is 1. The Bertz CT molecular complexity index is 760. The van der Waals surface area contributed by atoms with E-state index in [9.17, 15) is 4.79 Å². The first-order chi connectivity index (χ1) is 12.2. The van der Waals surface area contributed by atoms with Crippen LogP contribution in [-0.4, -0.2) is 52.3 Å². The van der Waals surface area contributed by atoms with Crippen LogP contribution in [0.25, 0.3) is 0 Å². The van der Waals surface area contributed by atoms with Crippen molar-refractivity contribution in [3.8, 4) is 5.75 Å². The van der Waals surface area contributed by atoms with Gasteiger partial charge in [0.05, 0.1) is 19.8 Å². The highest BCUT2D eigenvalue weighted by Gasteiger charge is 2.30. The molecular formula is C18H22N4O3. The fourth-order valence-electron chi connectivity index (χ4n) is 3.50. The van der Waals surface area contributed by atoms with Gasteiger partial charge in [-0.1, -0.05) is 18.2 Å². The number of morpholine rings is 1. The number of amides is 1. The number of H-pyrrole nitrogens is 1. The Hall–Kier alpha value is -2.41. The molecule has 2 aliphatic rings. The number of carbonyl (C=O) groups excluding carboxylic acids is 1. The molecule has 2 aromatic rings. The molecule has 0 bridgehead atoms. The Kier molecular flexibility index (Phi) is 4.40. The van der Waals surface area contributed by atoms with Crippen LogP contribution in [-0.2, 0) is 9.53 Å². The van der Waals surface area contributed by atoms with Crippen LogP contribution in [0.2, 0.25) is 0 Å². The second-order valence-corrected chi connectivity index (χ2v) is 6.55. The summed E-state index contributed by atoms with van der Waals surface area (Å²) >= 11 is 0. The summed E-state index contributed by atoms with van der Waals surface area (Å²) in [4.78, 5) is 19.0. The zero-order valence-electron chi connectivity index (χ0n) is 14.3. The molecule has 2 aliphatic heterocycles. The second-order valence-electron chi connectivity index (χ2n) is 6.55. The number of nitrogens with zero attached hydrogens (tertiary/aromatic N) is 3. The molecule has 1 aromatic heterocycles. The summed E-state index contributed by atoms with van der Waals surface area (Å²) in [6.45, 7) is 4.14. The van der Waals surface area contributed by atoms with Crippen LogP contribution < -0.4 is 4.74 Å². The number of aryl methyl sites for hydroxylation is 1. The van der Waals surface area contributed by atoms with Gasteiger partial charge in [0.25, 0.3) is 0 Å². The van der Waals surface area contributed by atoms with Crippen molar-refractivity contribution >= 4 is 5.91 Å². The molecule has 1 fully saturated rings. The van der Waals surface area contributed by atoms with Gasteiger partial charge in [-0.3, -0.25) is 9.89 Å². The van der Waals surface area contributed by atoms with E-state index in [0.717, 1.165) is 23.6 Å². The standard InChI is InChI=1S/C18H22N4O3/c1-12-19-18(21-20-12)16-11-22(7-9-25-16)17(23)10-13-6-8-24-15-5-3-2-4-14(13)15/h2-5,13,16H,6-11H2,1H3,(H,19,20,21)/t13-,16+/m1/s1. The van der Waals surface area contributed by atoms with Crippen molar-refractivity contribution in [3.63, 3.8) is 0 Å². The van der Waals surface area contributed by atoms with Gasteiger partial charge in [-0.25, -0.2) is 4.98 Å². The van der Waals surface area contributed by atoms with E-state index in [1.165, 1.54) is 0 Å². The van der Waals surface area contributed by atoms with Crippen LogP contribution in [0.4, 0.5) is 0 Å². The molecular weight excluding hydrogens is 320 g/mol. The minimum absolute atomic E-state index is 0.155. The van der Waals surface area contributed by atoms with E-state index in [1.54, 1.807) is 0 Å². The Morgan fingerprint density at radius 2 is 2.24 bits per heavy atom. The first-order valence-corrected chi connectivity index (χ1v) is 8.70. The number of benzene rings is 1. The lowest BCUT2D eigenvalue weighted by Crippen LogP contribution is -2.43. The van der Waals surface area contributed by atoms with Crippen molar-refractivity contribution in [1.29, 1.82) is 0 Å². The molecule has 0 saturated carbocycles. The van der Waals surface area contributed by atoms with E-state index in [4.69, 9.17) is 9.47 Å². The Labute approximate surface area is 146 Å². The fourth-order valence-corrected chi connectivity index (χ4v) is 3.50. The molecule has 0 aliphatic carbocycles. The smallest absolute Gasteiger partial charge is 0.223 e. The lowest BCUT2D eigenvalue weighted by Gasteiger charge is -2.33. The number of para-hydroxylation sites is 1. The SMILES string of the molecule is Cc1nc([C@@H]2CN(C(=O)C[C@H]3CCOc4ccccc43)CCO2)n[nH]1. The summed E-state index contributed by atoms with van der Waals surface area (Å²) in [6.07, 6.45) is 1.11. The van der Waals surface area contributed by atoms with E-state index < -0.39 is 0 Å². The highest BCUT2D eigenvalue weighted by Crippen LogP contribution is 2.36. The predicted molar refractivity (Wildman–Crippen MR) is 90.3 cm³/mol. The minimum Gasteiger partial charge on any atom is -0.493 e. The van der Waals surface area contributed by atoms with Gasteiger partial charge in [0.2, 0.25) is 5.91 Å². The van der Waals surface area contributed by atoms with Crippen molar-refractivity contribution in [3.05, 3.63) is 41.5 Å². The molecule has 4 rings (SSSR count). The third kappa shape index (κ3) is 3.37. The van der Waals surface area contributed by atoms with Crippen LogP contribution in [0.15, 0.2) is 24.3 Å². The number of hydrogen-bond acceptors (Lipinski definition) is 5. The van der Waals surface area contributed by atoms with E-state index in [2.05, 4.69) is 21.2 Å². The minimum atomic E-state index is -0.260. The lowest BCUT2D eigenvalue weighted by atomic mass is 9.90. The van der Waals surface area contributed by atoms with Gasteiger partial charge in [-0.15, -0.1) is 0 Å². The Balaban J connectivity index is 1.43. The van der Waals surface area contributed by atoms with Crippen molar-refractivity contribution in [2.45, 2.75) is 31.8 Å². The lowest BCUT2D eigenvalue weighted by molar-refractivity contribution is -0.139. The summed E-state index contributed by atoms with van der Waals surface area (Å²) < 4.78 is 11.4. The summed E-state index contributed by atoms with van der Waals surface area (Å²) in [5, 5.41) is 6.99. The summed E-state index contributed by atoms with van der Waals surface area (Å²) in [7, 11) is 0. The normalized spacial score (nSPS) is 23.0. The molecule has 1 saturated heterocycles. The van der Waals surface area contributed by atoms with Crippen LogP contribution in [0.5, 0.6) is 5.75 Å². The summed E-state index contributed by atoms with van der Waals surface area (Å²) in [5.41, 5.74) is 1.14. The average molecular weight is 342 g/mol. The number of aromatic amines is 1. The average Bonchev–Trinajstić information content (AvgIpc) is 3.09. The maximum absolute atomic E-state index is 12.8. The highest BCUT2D eigenvalue weighted by atomic mass is 16.5. The van der Waals surface area contributed by atoms with Gasteiger partial charge in [0, 0.05) is 13.0 Å². The maximum atomic E-state index is 12.8. The first-order valence-electron chi connectivity index (χ1n) is 8.70. The second kappa shape index (κ2) is 6.84. The molecule has 0 radical (unpaired) electrons. The van der Waals surface area contributed by atoms with E-state index >= 15 is 0 Å². The Morgan fingerprint density at radius 3 is 3.08 bits per heavy atom. The van der Waals surface area contributed by atoms with Gasteiger partial charge in [-0.05, 0) is 30.9 Å². The molecule has 1 N–H and O–H groups in total. The zero-order chi connectivity index (χ0) is 17.2. The molecule has 7 heteroatoms. The zero-order valence-corrected chi connectivity index (χ0v) is 14.3. The molecule has 25 heavy (non-hydrogen) atoms. The number of nitrogens with one attached hydrogen (secondary N) is 1. The number of rotatable bonds is 3. The molecule has 7 nitrogen and oxygen atoms in total. The van der Waals surface area contributed by atoms with E-state index in [-0.39, 0.29) is 17.9 Å². The third-order valence-electron chi connectivity index (χ3n) is 4.83. The van der Waals surface area contributed by atoms with Crippen LogP contribution in [0, 0.1) is 6.92 Å². The van der Waals surface area contributed by atoms with Crippen molar-refractivity contribution in [2.24, 2.45) is 0 Å². The van der Waals surface area contributed by atoms with Gasteiger partial charge >= 0.3 is 0 Å².